The van der Waals surface area contributed by atoms with Gasteiger partial charge in [0.15, 0.2) is 0 Å². The molecule has 0 N–H and O–H groups in total. The Hall–Kier alpha value is -1.97. The van der Waals surface area contributed by atoms with E-state index in [1.54, 1.807) is 22.3 Å². The Morgan fingerprint density at radius 1 is 1.04 bits per heavy atom. The lowest BCUT2D eigenvalue weighted by Crippen LogP contribution is -2.38. The van der Waals surface area contributed by atoms with Crippen LogP contribution in [0.15, 0.2) is 36.4 Å². The first-order valence-corrected chi connectivity index (χ1v) is 10.6. The number of hydrogen-bond donors (Lipinski definition) is 0. The fourth-order valence-corrected chi connectivity index (χ4v) is 5.28. The summed E-state index contributed by atoms with van der Waals surface area (Å²) >= 11 is 2.96. The first-order valence-electron chi connectivity index (χ1n) is 8.93. The molecule has 0 atom stereocenters. The molecule has 1 aliphatic heterocycles. The van der Waals surface area contributed by atoms with Crippen LogP contribution in [0.2, 0.25) is 0 Å². The zero-order valence-corrected chi connectivity index (χ0v) is 16.5. The van der Waals surface area contributed by atoms with Crippen molar-refractivity contribution in [2.24, 2.45) is 0 Å². The third kappa shape index (κ3) is 4.37. The average molecular weight is 426 g/mol. The summed E-state index contributed by atoms with van der Waals surface area (Å²) in [4.78, 5) is 22.0. The van der Waals surface area contributed by atoms with Gasteiger partial charge in [0.05, 0.1) is 26.5 Å². The van der Waals surface area contributed by atoms with Crippen molar-refractivity contribution < 1.29 is 18.0 Å². The van der Waals surface area contributed by atoms with Gasteiger partial charge in [-0.05, 0) is 30.7 Å². The minimum Gasteiger partial charge on any atom is -0.337 e. The van der Waals surface area contributed by atoms with E-state index in [-0.39, 0.29) is 12.5 Å². The van der Waals surface area contributed by atoms with Gasteiger partial charge in [-0.3, -0.25) is 9.69 Å². The van der Waals surface area contributed by atoms with Crippen LogP contribution in [0.4, 0.5) is 13.2 Å². The number of hydrogen-bond acceptors (Lipinski definition) is 5. The molecule has 0 unspecified atom stereocenters. The van der Waals surface area contributed by atoms with Crippen LogP contribution < -0.4 is 0 Å². The smallest absolute Gasteiger partial charge is 0.337 e. The standard InChI is InChI=1S/C19H18F3N3OS2/c20-19(21,22)12-24-8-3-9-25(11-10-24)18(26)16-7-6-15(27-16)17-23-13-4-1-2-5-14(13)28-17/h1-2,4-7H,3,8-12H2. The van der Waals surface area contributed by atoms with Crippen LogP contribution >= 0.6 is 22.7 Å². The second-order valence-electron chi connectivity index (χ2n) is 6.69. The molecule has 0 bridgehead atoms. The Bertz CT molecular complexity index is 949. The van der Waals surface area contributed by atoms with Crippen molar-refractivity contribution in [2.75, 3.05) is 32.7 Å². The van der Waals surface area contributed by atoms with E-state index in [1.807, 2.05) is 30.3 Å². The van der Waals surface area contributed by atoms with Gasteiger partial charge in [0.2, 0.25) is 0 Å². The first kappa shape index (κ1) is 19.4. The number of thiophene rings is 1. The number of aromatic nitrogens is 1. The van der Waals surface area contributed by atoms with Gasteiger partial charge in [-0.25, -0.2) is 4.98 Å². The molecule has 9 heteroatoms. The van der Waals surface area contributed by atoms with Crippen LogP contribution in [0.5, 0.6) is 0 Å². The summed E-state index contributed by atoms with van der Waals surface area (Å²) in [6.45, 7) is 0.451. The van der Waals surface area contributed by atoms with E-state index in [2.05, 4.69) is 4.98 Å². The lowest BCUT2D eigenvalue weighted by molar-refractivity contribution is -0.145. The third-order valence-electron chi connectivity index (χ3n) is 4.60. The Labute approximate surface area is 168 Å². The van der Waals surface area contributed by atoms with E-state index in [0.29, 0.717) is 30.9 Å². The molecule has 1 aliphatic rings. The topological polar surface area (TPSA) is 36.4 Å². The predicted molar refractivity (Wildman–Crippen MR) is 106 cm³/mol. The highest BCUT2D eigenvalue weighted by atomic mass is 32.1. The second-order valence-corrected chi connectivity index (χ2v) is 8.80. The van der Waals surface area contributed by atoms with Crippen LogP contribution in [-0.4, -0.2) is 59.6 Å². The number of nitrogens with zero attached hydrogens (tertiary/aromatic N) is 3. The van der Waals surface area contributed by atoms with Gasteiger partial charge in [0, 0.05) is 26.2 Å². The molecule has 0 saturated carbocycles. The minimum absolute atomic E-state index is 0.119. The summed E-state index contributed by atoms with van der Waals surface area (Å²) in [5, 5.41) is 0.873. The quantitative estimate of drug-likeness (QED) is 0.609. The number of fused-ring (bicyclic) bond motifs is 1. The van der Waals surface area contributed by atoms with Crippen LogP contribution in [0.25, 0.3) is 20.1 Å². The minimum atomic E-state index is -4.21. The molecule has 2 aromatic heterocycles. The summed E-state index contributed by atoms with van der Waals surface area (Å²) < 4.78 is 38.9. The molecule has 3 heterocycles. The molecular weight excluding hydrogens is 407 g/mol. The van der Waals surface area contributed by atoms with Gasteiger partial charge >= 0.3 is 6.18 Å². The summed E-state index contributed by atoms with van der Waals surface area (Å²) in [6.07, 6.45) is -3.67. The Morgan fingerprint density at radius 3 is 2.64 bits per heavy atom. The summed E-state index contributed by atoms with van der Waals surface area (Å²) in [6, 6.07) is 11.6. The molecule has 4 nitrogen and oxygen atoms in total. The van der Waals surface area contributed by atoms with E-state index in [4.69, 9.17) is 0 Å². The maximum Gasteiger partial charge on any atom is 0.401 e. The van der Waals surface area contributed by atoms with E-state index in [9.17, 15) is 18.0 Å². The molecule has 0 spiro atoms. The molecule has 4 rings (SSSR count). The van der Waals surface area contributed by atoms with E-state index in [1.165, 1.54) is 16.2 Å². The number of alkyl halides is 3. The molecule has 1 fully saturated rings. The highest BCUT2D eigenvalue weighted by molar-refractivity contribution is 7.26. The maximum absolute atomic E-state index is 12.8. The molecule has 3 aromatic rings. The average Bonchev–Trinajstić information content (AvgIpc) is 3.23. The number of carbonyl (C=O) groups is 1. The molecule has 0 radical (unpaired) electrons. The molecule has 0 aliphatic carbocycles. The zero-order chi connectivity index (χ0) is 19.7. The van der Waals surface area contributed by atoms with E-state index < -0.39 is 12.7 Å². The summed E-state index contributed by atoms with van der Waals surface area (Å²) in [5.41, 5.74) is 0.932. The van der Waals surface area contributed by atoms with Gasteiger partial charge in [-0.2, -0.15) is 13.2 Å². The van der Waals surface area contributed by atoms with Crippen molar-refractivity contribution in [3.63, 3.8) is 0 Å². The number of halogens is 3. The Kier molecular flexibility index (Phi) is 5.39. The summed E-state index contributed by atoms with van der Waals surface area (Å²) in [5.74, 6) is -0.119. The lowest BCUT2D eigenvalue weighted by Gasteiger charge is -2.22. The Balaban J connectivity index is 1.45. The molecule has 148 valence electrons. The molecular formula is C19H18F3N3OS2. The number of thiazole rings is 1. The molecule has 1 aromatic carbocycles. The highest BCUT2D eigenvalue weighted by Gasteiger charge is 2.32. The van der Waals surface area contributed by atoms with Crippen molar-refractivity contribution in [1.82, 2.24) is 14.8 Å². The monoisotopic (exact) mass is 425 g/mol. The largest absolute Gasteiger partial charge is 0.401 e. The first-order chi connectivity index (χ1) is 13.4. The molecule has 1 amide bonds. The number of benzene rings is 1. The van der Waals surface area contributed by atoms with Crippen molar-refractivity contribution in [2.45, 2.75) is 12.6 Å². The number of para-hydroxylation sites is 1. The molecule has 1 saturated heterocycles. The summed E-state index contributed by atoms with van der Waals surface area (Å²) in [7, 11) is 0. The fourth-order valence-electron chi connectivity index (χ4n) is 3.29. The van der Waals surface area contributed by atoms with Gasteiger partial charge in [-0.1, -0.05) is 12.1 Å². The van der Waals surface area contributed by atoms with Crippen molar-refractivity contribution in [3.05, 3.63) is 41.3 Å². The van der Waals surface area contributed by atoms with Gasteiger partial charge < -0.3 is 4.90 Å². The van der Waals surface area contributed by atoms with Crippen LogP contribution in [0, 0.1) is 0 Å². The van der Waals surface area contributed by atoms with Gasteiger partial charge in [-0.15, -0.1) is 22.7 Å². The SMILES string of the molecule is O=C(c1ccc(-c2nc3ccccc3s2)s1)N1CCCN(CC(F)(F)F)CC1. The molecule has 28 heavy (non-hydrogen) atoms. The second kappa shape index (κ2) is 7.81. The normalized spacial score (nSPS) is 16.5. The number of rotatable bonds is 3. The van der Waals surface area contributed by atoms with E-state index >= 15 is 0 Å². The van der Waals surface area contributed by atoms with E-state index in [0.717, 1.165) is 20.1 Å². The van der Waals surface area contributed by atoms with Crippen molar-refractivity contribution in [1.29, 1.82) is 0 Å². The number of carbonyl (C=O) groups excluding carboxylic acids is 1. The zero-order valence-electron chi connectivity index (χ0n) is 14.9. The highest BCUT2D eigenvalue weighted by Crippen LogP contribution is 2.34. The van der Waals surface area contributed by atoms with Gasteiger partial charge in [0.25, 0.3) is 5.91 Å². The van der Waals surface area contributed by atoms with Crippen LogP contribution in [-0.2, 0) is 0 Å². The number of amides is 1. The maximum atomic E-state index is 12.8. The fraction of sp³-hybridized carbons (Fsp3) is 0.368. The third-order valence-corrected chi connectivity index (χ3v) is 6.88. The Morgan fingerprint density at radius 2 is 1.86 bits per heavy atom. The van der Waals surface area contributed by atoms with Crippen LogP contribution in [0.1, 0.15) is 16.1 Å². The predicted octanol–water partition coefficient (Wildman–Crippen LogP) is 4.74. The van der Waals surface area contributed by atoms with Gasteiger partial charge in [0.1, 0.15) is 5.01 Å². The van der Waals surface area contributed by atoms with Crippen LogP contribution in [0.3, 0.4) is 0 Å². The van der Waals surface area contributed by atoms with Crippen molar-refractivity contribution in [3.8, 4) is 9.88 Å². The van der Waals surface area contributed by atoms with Crippen molar-refractivity contribution >= 4 is 38.8 Å². The lowest BCUT2D eigenvalue weighted by atomic mass is 10.3.